The Bertz CT molecular complexity index is 733. The van der Waals surface area contributed by atoms with Gasteiger partial charge in [0.15, 0.2) is 0 Å². The minimum absolute atomic E-state index is 0.382. The summed E-state index contributed by atoms with van der Waals surface area (Å²) >= 11 is 17.9. The van der Waals surface area contributed by atoms with Gasteiger partial charge in [0.05, 0.1) is 21.9 Å². The van der Waals surface area contributed by atoms with Crippen LogP contribution in [-0.2, 0) is 7.05 Å². The molecule has 0 aliphatic heterocycles. The van der Waals surface area contributed by atoms with Crippen molar-refractivity contribution in [2.45, 2.75) is 6.92 Å². The van der Waals surface area contributed by atoms with Gasteiger partial charge in [0.25, 0.3) is 0 Å². The lowest BCUT2D eigenvalue weighted by Gasteiger charge is -2.06. The van der Waals surface area contributed by atoms with E-state index in [0.29, 0.717) is 26.4 Å². The van der Waals surface area contributed by atoms with Gasteiger partial charge in [-0.1, -0.05) is 34.8 Å². The Hall–Kier alpha value is -1.67. The fourth-order valence-electron chi connectivity index (χ4n) is 1.78. The van der Waals surface area contributed by atoms with Gasteiger partial charge in [-0.25, -0.2) is 0 Å². The molecule has 7 heteroatoms. The zero-order valence-electron chi connectivity index (χ0n) is 11.3. The second-order valence-corrected chi connectivity index (χ2v) is 5.61. The van der Waals surface area contributed by atoms with Crippen molar-refractivity contribution in [3.63, 3.8) is 0 Å². The van der Waals surface area contributed by atoms with Crippen molar-refractivity contribution < 1.29 is 0 Å². The second kappa shape index (κ2) is 6.40. The lowest BCUT2D eigenvalue weighted by Crippen LogP contribution is -1.96. The molecule has 0 radical (unpaired) electrons. The zero-order valence-corrected chi connectivity index (χ0v) is 13.6. The van der Waals surface area contributed by atoms with Gasteiger partial charge in [-0.15, -0.1) is 0 Å². The zero-order chi connectivity index (χ0) is 15.6. The minimum atomic E-state index is 0.382. The van der Waals surface area contributed by atoms with Crippen molar-refractivity contribution in [1.29, 1.82) is 5.26 Å². The van der Waals surface area contributed by atoms with Crippen LogP contribution in [0.25, 0.3) is 0 Å². The van der Waals surface area contributed by atoms with Gasteiger partial charge < -0.3 is 4.57 Å². The summed E-state index contributed by atoms with van der Waals surface area (Å²) in [6.45, 7) is 1.91. The molecular weight excluding hydrogens is 331 g/mol. The number of nitrogens with one attached hydrogen (secondary N) is 1. The molecule has 0 aliphatic carbocycles. The molecule has 1 N–H and O–H groups in total. The van der Waals surface area contributed by atoms with Gasteiger partial charge in [0.2, 0.25) is 0 Å². The summed E-state index contributed by atoms with van der Waals surface area (Å²) in [4.78, 5) is 0. The van der Waals surface area contributed by atoms with Crippen molar-refractivity contribution in [2.75, 3.05) is 5.43 Å². The highest BCUT2D eigenvalue weighted by Gasteiger charge is 2.08. The molecule has 4 nitrogen and oxygen atoms in total. The Kier molecular flexibility index (Phi) is 4.79. The normalized spacial score (nSPS) is 10.9. The van der Waals surface area contributed by atoms with Crippen LogP contribution < -0.4 is 5.43 Å². The Balaban J connectivity index is 2.23. The lowest BCUT2D eigenvalue weighted by molar-refractivity contribution is 0.865. The molecule has 0 atom stereocenters. The van der Waals surface area contributed by atoms with E-state index < -0.39 is 0 Å². The molecular formula is C14H11Cl3N4. The molecule has 108 valence electrons. The van der Waals surface area contributed by atoms with Gasteiger partial charge in [0.1, 0.15) is 11.8 Å². The molecule has 0 spiro atoms. The van der Waals surface area contributed by atoms with Crippen molar-refractivity contribution in [3.05, 3.63) is 50.2 Å². The minimum Gasteiger partial charge on any atom is -0.339 e. The van der Waals surface area contributed by atoms with E-state index in [1.807, 2.05) is 14.0 Å². The Morgan fingerprint density at radius 2 is 1.86 bits per heavy atom. The molecule has 1 heterocycles. The highest BCUT2D eigenvalue weighted by atomic mass is 35.5. The molecule has 2 rings (SSSR count). The summed E-state index contributed by atoms with van der Waals surface area (Å²) in [7, 11) is 1.82. The first-order valence-electron chi connectivity index (χ1n) is 5.94. The number of hydrazone groups is 1. The molecule has 0 unspecified atom stereocenters. The fourth-order valence-corrected chi connectivity index (χ4v) is 2.68. The summed E-state index contributed by atoms with van der Waals surface area (Å²) in [6, 6.07) is 7.02. The molecule has 1 aromatic heterocycles. The summed E-state index contributed by atoms with van der Waals surface area (Å²) < 4.78 is 1.80. The third-order valence-electron chi connectivity index (χ3n) is 3.08. The molecule has 0 aliphatic rings. The molecule has 1 aromatic carbocycles. The van der Waals surface area contributed by atoms with E-state index in [1.165, 1.54) is 0 Å². The van der Waals surface area contributed by atoms with Crippen LogP contribution >= 0.6 is 34.8 Å². The van der Waals surface area contributed by atoms with Crippen molar-refractivity contribution in [1.82, 2.24) is 4.57 Å². The summed E-state index contributed by atoms with van der Waals surface area (Å²) in [5.74, 6) is 0. The molecule has 0 fully saturated rings. The maximum Gasteiger partial charge on any atom is 0.120 e. The Morgan fingerprint density at radius 3 is 2.38 bits per heavy atom. The second-order valence-electron chi connectivity index (χ2n) is 4.36. The van der Waals surface area contributed by atoms with Crippen LogP contribution in [-0.4, -0.2) is 10.8 Å². The highest BCUT2D eigenvalue weighted by Crippen LogP contribution is 2.33. The molecule has 0 amide bonds. The molecule has 0 saturated heterocycles. The van der Waals surface area contributed by atoms with Crippen LogP contribution in [0.2, 0.25) is 15.1 Å². The van der Waals surface area contributed by atoms with E-state index in [9.17, 15) is 0 Å². The van der Waals surface area contributed by atoms with Crippen molar-refractivity contribution in [2.24, 2.45) is 12.1 Å². The number of anilines is 1. The average molecular weight is 342 g/mol. The number of rotatable bonds is 3. The highest BCUT2D eigenvalue weighted by molar-refractivity contribution is 6.41. The van der Waals surface area contributed by atoms with Crippen LogP contribution in [0, 0.1) is 18.3 Å². The molecule has 21 heavy (non-hydrogen) atoms. The van der Waals surface area contributed by atoms with E-state index in [0.717, 1.165) is 11.3 Å². The fraction of sp³-hybridized carbons (Fsp3) is 0.143. The van der Waals surface area contributed by atoms with Crippen LogP contribution in [0.5, 0.6) is 0 Å². The van der Waals surface area contributed by atoms with E-state index in [-0.39, 0.29) is 0 Å². The van der Waals surface area contributed by atoms with Crippen LogP contribution in [0.3, 0.4) is 0 Å². The SMILES string of the molecule is Cc1c(/C=N\Nc2c(Cl)cc(Cl)cc2Cl)cc(C#N)n1C. The summed E-state index contributed by atoms with van der Waals surface area (Å²) in [6.07, 6.45) is 1.61. The largest absolute Gasteiger partial charge is 0.339 e. The first-order chi connectivity index (χ1) is 9.93. The predicted molar refractivity (Wildman–Crippen MR) is 87.6 cm³/mol. The number of benzene rings is 1. The number of halogens is 3. The van der Waals surface area contributed by atoms with Gasteiger partial charge in [-0.3, -0.25) is 5.43 Å². The quantitative estimate of drug-likeness (QED) is 0.654. The smallest absolute Gasteiger partial charge is 0.120 e. The topological polar surface area (TPSA) is 53.1 Å². The third-order valence-corrected chi connectivity index (χ3v) is 3.89. The van der Waals surface area contributed by atoms with E-state index in [2.05, 4.69) is 16.6 Å². The maximum atomic E-state index is 8.98. The Morgan fingerprint density at radius 1 is 1.24 bits per heavy atom. The molecule has 2 aromatic rings. The van der Waals surface area contributed by atoms with Crippen LogP contribution in [0.15, 0.2) is 23.3 Å². The number of aromatic nitrogens is 1. The number of hydrogen-bond acceptors (Lipinski definition) is 3. The Labute approximate surface area is 137 Å². The van der Waals surface area contributed by atoms with Crippen molar-refractivity contribution in [3.8, 4) is 6.07 Å². The summed E-state index contributed by atoms with van der Waals surface area (Å²) in [5.41, 5.74) is 5.60. The van der Waals surface area contributed by atoms with Crippen LogP contribution in [0.1, 0.15) is 17.0 Å². The monoisotopic (exact) mass is 340 g/mol. The van der Waals surface area contributed by atoms with Crippen molar-refractivity contribution >= 4 is 46.7 Å². The first-order valence-corrected chi connectivity index (χ1v) is 7.07. The van der Waals surface area contributed by atoms with Gasteiger partial charge in [-0.2, -0.15) is 10.4 Å². The standard InChI is InChI=1S/C14H11Cl3N4/c1-8-9(3-11(6-18)21(8)2)7-19-20-14-12(16)4-10(15)5-13(14)17/h3-5,7,20H,1-2H3/b19-7-. The number of hydrogen-bond donors (Lipinski definition) is 1. The van der Waals surface area contributed by atoms with Crippen LogP contribution in [0.4, 0.5) is 5.69 Å². The van der Waals surface area contributed by atoms with E-state index in [4.69, 9.17) is 40.1 Å². The summed E-state index contributed by atoms with van der Waals surface area (Å²) in [5, 5.41) is 14.3. The maximum absolute atomic E-state index is 8.98. The average Bonchev–Trinajstić information content (AvgIpc) is 2.69. The van der Waals surface area contributed by atoms with Gasteiger partial charge in [0, 0.05) is 23.3 Å². The molecule has 0 bridgehead atoms. The molecule has 0 saturated carbocycles. The third kappa shape index (κ3) is 3.33. The number of nitrogens with zero attached hydrogens (tertiary/aromatic N) is 3. The predicted octanol–water partition coefficient (Wildman–Crippen LogP) is 4.61. The van der Waals surface area contributed by atoms with E-state index in [1.54, 1.807) is 29.0 Å². The van der Waals surface area contributed by atoms with E-state index >= 15 is 0 Å². The lowest BCUT2D eigenvalue weighted by atomic mass is 10.3. The van der Waals surface area contributed by atoms with Gasteiger partial charge in [-0.05, 0) is 25.1 Å². The first kappa shape index (κ1) is 15.7. The number of nitriles is 1. The van der Waals surface area contributed by atoms with Gasteiger partial charge >= 0.3 is 0 Å².